The number of nitrogens with zero attached hydrogens (tertiary/aromatic N) is 3. The smallest absolute Gasteiger partial charge is 0.307 e. The molecule has 2 saturated heterocycles. The van der Waals surface area contributed by atoms with Crippen molar-refractivity contribution in [3.8, 4) is 0 Å². The molecule has 1 unspecified atom stereocenters. The van der Waals surface area contributed by atoms with Crippen molar-refractivity contribution in [1.82, 2.24) is 20.2 Å². The molecule has 3 atom stereocenters. The number of benzene rings is 2. The first-order chi connectivity index (χ1) is 19.7. The van der Waals surface area contributed by atoms with Crippen molar-refractivity contribution in [3.05, 3.63) is 59.9 Å². The lowest BCUT2D eigenvalue weighted by Gasteiger charge is -2.29. The number of amides is 1. The Balaban J connectivity index is 1.42. The lowest BCUT2D eigenvalue weighted by atomic mass is 9.99. The Bertz CT molecular complexity index is 1490. The van der Waals surface area contributed by atoms with Crippen LogP contribution in [-0.2, 0) is 32.5 Å². The Kier molecular flexibility index (Phi) is 8.91. The van der Waals surface area contributed by atoms with Crippen molar-refractivity contribution in [1.29, 1.82) is 0 Å². The van der Waals surface area contributed by atoms with Gasteiger partial charge in [0.1, 0.15) is 5.52 Å². The first-order valence-electron chi connectivity index (χ1n) is 14.2. The summed E-state index contributed by atoms with van der Waals surface area (Å²) in [4.78, 5) is 29.9. The van der Waals surface area contributed by atoms with E-state index in [0.29, 0.717) is 55.7 Å². The maximum atomic E-state index is 13.8. The van der Waals surface area contributed by atoms with Crippen molar-refractivity contribution in [2.45, 2.75) is 63.8 Å². The van der Waals surface area contributed by atoms with E-state index in [9.17, 15) is 23.1 Å². The monoisotopic (exact) mass is 583 g/mol. The number of anilines is 1. The van der Waals surface area contributed by atoms with Crippen LogP contribution in [0, 0.1) is 0 Å². The zero-order chi connectivity index (χ0) is 29.0. The third-order valence-corrected chi connectivity index (χ3v) is 9.62. The van der Waals surface area contributed by atoms with Crippen LogP contribution < -0.4 is 14.9 Å². The number of rotatable bonds is 10. The number of aryl methyl sites for hydroxylation is 1. The normalized spacial score (nSPS) is 20.4. The second kappa shape index (κ2) is 12.6. The predicted octanol–water partition coefficient (Wildman–Crippen LogP) is 1.98. The summed E-state index contributed by atoms with van der Waals surface area (Å²) in [5.41, 5.74) is 2.83. The summed E-state index contributed by atoms with van der Waals surface area (Å²) in [6.45, 7) is 3.40. The molecular formula is C29H37N5O6S. The largest absolute Gasteiger partial charge is 0.466 e. The number of fused-ring (bicyclic) bond motifs is 1. The highest BCUT2D eigenvalue weighted by atomic mass is 32.2. The number of cyclic esters (lactones) is 1. The fourth-order valence-corrected chi connectivity index (χ4v) is 7.10. The van der Waals surface area contributed by atoms with E-state index in [1.807, 2.05) is 41.8 Å². The highest BCUT2D eigenvalue weighted by Crippen LogP contribution is 2.32. The summed E-state index contributed by atoms with van der Waals surface area (Å²) >= 11 is 0. The zero-order valence-electron chi connectivity index (χ0n) is 23.2. The van der Waals surface area contributed by atoms with E-state index in [-0.39, 0.29) is 36.3 Å². The molecule has 0 aliphatic carbocycles. The number of nitrogens with one attached hydrogen (secondary N) is 2. The number of esters is 1. The highest BCUT2D eigenvalue weighted by molar-refractivity contribution is 7.92. The topological polar surface area (TPSA) is 143 Å². The summed E-state index contributed by atoms with van der Waals surface area (Å²) in [6, 6.07) is 12.1. The Morgan fingerprint density at radius 2 is 2.02 bits per heavy atom. The van der Waals surface area contributed by atoms with Crippen molar-refractivity contribution >= 4 is 38.6 Å². The molecule has 2 aliphatic heterocycles. The molecule has 12 heteroatoms. The molecule has 0 saturated carbocycles. The molecule has 41 heavy (non-hydrogen) atoms. The van der Waals surface area contributed by atoms with Crippen LogP contribution in [0.5, 0.6) is 0 Å². The van der Waals surface area contributed by atoms with Crippen LogP contribution in [0.2, 0.25) is 0 Å². The molecular weight excluding hydrogens is 546 g/mol. The molecule has 1 aromatic heterocycles. The number of imidazole rings is 1. The van der Waals surface area contributed by atoms with Gasteiger partial charge in [0.05, 0.1) is 48.5 Å². The number of hydrogen-bond acceptors (Lipinski definition) is 8. The summed E-state index contributed by atoms with van der Waals surface area (Å²) in [6.07, 6.45) is 3.29. The fraction of sp³-hybridized carbons (Fsp3) is 0.483. The van der Waals surface area contributed by atoms with Gasteiger partial charge in [0, 0.05) is 31.2 Å². The SMILES string of the molecule is CCn1cnc2c(N3CCCCS3(=O)=O)cc(C(=O)N[C@@H](Cc3ccccc3)[C@H](O)CNC3CCOC(=O)C3)cc21. The first-order valence-corrected chi connectivity index (χ1v) is 15.8. The minimum absolute atomic E-state index is 0.0520. The van der Waals surface area contributed by atoms with Gasteiger partial charge in [0.15, 0.2) is 0 Å². The van der Waals surface area contributed by atoms with Crippen molar-refractivity contribution < 1.29 is 27.9 Å². The predicted molar refractivity (Wildman–Crippen MR) is 155 cm³/mol. The lowest BCUT2D eigenvalue weighted by molar-refractivity contribution is -0.147. The number of aromatic nitrogens is 2. The van der Waals surface area contributed by atoms with Crippen LogP contribution in [0.25, 0.3) is 11.0 Å². The second-order valence-electron chi connectivity index (χ2n) is 10.6. The number of carbonyl (C=O) groups is 2. The van der Waals surface area contributed by atoms with E-state index >= 15 is 0 Å². The first kappa shape index (κ1) is 29.0. The van der Waals surface area contributed by atoms with Gasteiger partial charge < -0.3 is 25.0 Å². The molecule has 11 nitrogen and oxygen atoms in total. The number of aliphatic hydroxyl groups is 1. The number of carbonyl (C=O) groups excluding carboxylic acids is 2. The number of sulfonamides is 1. The third-order valence-electron chi connectivity index (χ3n) is 7.76. The van der Waals surface area contributed by atoms with E-state index in [2.05, 4.69) is 15.6 Å². The van der Waals surface area contributed by atoms with Gasteiger partial charge >= 0.3 is 5.97 Å². The van der Waals surface area contributed by atoms with Gasteiger partial charge in [0.25, 0.3) is 5.91 Å². The van der Waals surface area contributed by atoms with Crippen LogP contribution in [0.4, 0.5) is 5.69 Å². The second-order valence-corrected chi connectivity index (χ2v) is 12.7. The van der Waals surface area contributed by atoms with E-state index in [1.54, 1.807) is 18.5 Å². The maximum Gasteiger partial charge on any atom is 0.307 e. The minimum atomic E-state index is -3.54. The van der Waals surface area contributed by atoms with Crippen molar-refractivity contribution in [2.75, 3.05) is 29.8 Å². The van der Waals surface area contributed by atoms with Crippen LogP contribution in [0.15, 0.2) is 48.8 Å². The number of aliphatic hydroxyl groups excluding tert-OH is 1. The standard InChI is InChI=1S/C29H37N5O6S/c1-2-33-19-31-28-24(33)15-21(16-25(28)34-11-6-7-13-41(34,38)39)29(37)32-23(14-20-8-4-3-5-9-20)26(35)18-30-22-10-12-40-27(36)17-22/h3-5,8-9,15-16,19,22-23,26,30,35H,2,6-7,10-14,17-18H2,1H3,(H,32,37)/t22?,23-,26+/m0/s1. The molecule has 1 amide bonds. The van der Waals surface area contributed by atoms with Crippen LogP contribution in [0.3, 0.4) is 0 Å². The number of ether oxygens (including phenoxy) is 1. The van der Waals surface area contributed by atoms with E-state index in [1.165, 1.54) is 4.31 Å². The highest BCUT2D eigenvalue weighted by Gasteiger charge is 2.30. The summed E-state index contributed by atoms with van der Waals surface area (Å²) in [5.74, 6) is -0.644. The van der Waals surface area contributed by atoms with Gasteiger partial charge in [-0.2, -0.15) is 0 Å². The summed E-state index contributed by atoms with van der Waals surface area (Å²) in [7, 11) is -3.54. The van der Waals surface area contributed by atoms with Crippen LogP contribution in [-0.4, -0.2) is 78.6 Å². The maximum absolute atomic E-state index is 13.8. The van der Waals surface area contributed by atoms with Crippen LogP contribution in [0.1, 0.15) is 48.5 Å². The molecule has 3 heterocycles. The van der Waals surface area contributed by atoms with Crippen molar-refractivity contribution in [3.63, 3.8) is 0 Å². The lowest BCUT2D eigenvalue weighted by Crippen LogP contribution is -2.51. The molecule has 0 spiro atoms. The molecule has 0 radical (unpaired) electrons. The van der Waals surface area contributed by atoms with Gasteiger partial charge in [-0.3, -0.25) is 13.9 Å². The molecule has 2 aliphatic rings. The van der Waals surface area contributed by atoms with Crippen molar-refractivity contribution in [2.24, 2.45) is 0 Å². The molecule has 5 rings (SSSR count). The average molecular weight is 584 g/mol. The van der Waals surface area contributed by atoms with E-state index in [4.69, 9.17) is 4.74 Å². The summed E-state index contributed by atoms with van der Waals surface area (Å²) < 4.78 is 34.3. The minimum Gasteiger partial charge on any atom is -0.466 e. The number of hydrogen-bond donors (Lipinski definition) is 3. The van der Waals surface area contributed by atoms with Gasteiger partial charge in [0.2, 0.25) is 10.0 Å². The quantitative estimate of drug-likeness (QED) is 0.308. The van der Waals surface area contributed by atoms with Gasteiger partial charge in [-0.15, -0.1) is 0 Å². The Labute approximate surface area is 239 Å². The molecule has 220 valence electrons. The van der Waals surface area contributed by atoms with Gasteiger partial charge in [-0.25, -0.2) is 13.4 Å². The molecule has 0 bridgehead atoms. The van der Waals surface area contributed by atoms with E-state index in [0.717, 1.165) is 12.0 Å². The average Bonchev–Trinajstić information content (AvgIpc) is 3.39. The van der Waals surface area contributed by atoms with E-state index < -0.39 is 28.1 Å². The Morgan fingerprint density at radius 1 is 1.22 bits per heavy atom. The zero-order valence-corrected chi connectivity index (χ0v) is 24.0. The van der Waals surface area contributed by atoms with Gasteiger partial charge in [-0.1, -0.05) is 30.3 Å². The fourth-order valence-electron chi connectivity index (χ4n) is 5.46. The molecule has 3 N–H and O–H groups in total. The Hall–Kier alpha value is -3.48. The molecule has 2 fully saturated rings. The molecule has 2 aromatic carbocycles. The van der Waals surface area contributed by atoms with Gasteiger partial charge in [-0.05, 0) is 50.3 Å². The third kappa shape index (κ3) is 6.71. The summed E-state index contributed by atoms with van der Waals surface area (Å²) in [5, 5.41) is 17.5. The molecule has 3 aromatic rings. The van der Waals surface area contributed by atoms with Crippen LogP contribution >= 0.6 is 0 Å². The Morgan fingerprint density at radius 3 is 2.76 bits per heavy atom.